The molecule has 0 unspecified atom stereocenters. The van der Waals surface area contributed by atoms with E-state index in [2.05, 4.69) is 27.2 Å². The number of nitrogens with zero attached hydrogens (tertiary/aromatic N) is 4. The van der Waals surface area contributed by atoms with Crippen molar-refractivity contribution in [2.45, 2.75) is 20.4 Å². The van der Waals surface area contributed by atoms with E-state index in [1.807, 2.05) is 35.8 Å². The normalized spacial score (nSPS) is 10.8. The molecule has 3 rings (SSSR count). The molecule has 3 aromatic rings. The van der Waals surface area contributed by atoms with Gasteiger partial charge in [-0.25, -0.2) is 15.0 Å². The van der Waals surface area contributed by atoms with Crippen LogP contribution in [-0.4, -0.2) is 26.1 Å². The molecule has 0 atom stereocenters. The number of hydrogen-bond donors (Lipinski definition) is 1. The highest BCUT2D eigenvalue weighted by Crippen LogP contribution is 2.23. The molecule has 2 aromatic heterocycles. The van der Waals surface area contributed by atoms with Crippen LogP contribution in [-0.2, 0) is 6.54 Å². The molecule has 0 radical (unpaired) electrons. The molecule has 1 N–H and O–H groups in total. The van der Waals surface area contributed by atoms with Gasteiger partial charge in [0.25, 0.3) is 0 Å². The molecule has 0 spiro atoms. The third-order valence-corrected chi connectivity index (χ3v) is 3.17. The first-order valence-electron chi connectivity index (χ1n) is 6.97. The van der Waals surface area contributed by atoms with Gasteiger partial charge in [-0.15, -0.1) is 0 Å². The maximum absolute atomic E-state index is 5.43. The number of ether oxygens (including phenoxy) is 1. The molecule has 0 aliphatic rings. The second-order valence-electron chi connectivity index (χ2n) is 4.51. The predicted molar refractivity (Wildman–Crippen MR) is 81.9 cm³/mol. The summed E-state index contributed by atoms with van der Waals surface area (Å²) in [5.74, 6) is 1.56. The zero-order valence-corrected chi connectivity index (χ0v) is 12.1. The molecule has 0 bridgehead atoms. The van der Waals surface area contributed by atoms with Crippen LogP contribution in [0, 0.1) is 0 Å². The molecule has 21 heavy (non-hydrogen) atoms. The largest absolute Gasteiger partial charge is 0.494 e. The van der Waals surface area contributed by atoms with Gasteiger partial charge in [-0.05, 0) is 38.1 Å². The van der Waals surface area contributed by atoms with Gasteiger partial charge in [0.2, 0.25) is 0 Å². The molecule has 6 nitrogen and oxygen atoms in total. The first kappa shape index (κ1) is 13.4. The Morgan fingerprint density at radius 1 is 1.10 bits per heavy atom. The molecule has 6 heteroatoms. The van der Waals surface area contributed by atoms with Gasteiger partial charge in [0.05, 0.1) is 12.9 Å². The molecule has 0 aliphatic carbocycles. The minimum atomic E-state index is 0.660. The number of aryl methyl sites for hydroxylation is 1. The fourth-order valence-electron chi connectivity index (χ4n) is 2.14. The lowest BCUT2D eigenvalue weighted by Gasteiger charge is -2.07. The monoisotopic (exact) mass is 283 g/mol. The quantitative estimate of drug-likeness (QED) is 0.779. The topological polar surface area (TPSA) is 64.9 Å². The number of anilines is 2. The van der Waals surface area contributed by atoms with Crippen molar-refractivity contribution in [2.24, 2.45) is 0 Å². The number of nitrogens with one attached hydrogen (secondary N) is 1. The molecule has 2 heterocycles. The third-order valence-electron chi connectivity index (χ3n) is 3.17. The number of fused-ring (bicyclic) bond motifs is 1. The number of hydrogen-bond acceptors (Lipinski definition) is 5. The van der Waals surface area contributed by atoms with Gasteiger partial charge >= 0.3 is 0 Å². The fourth-order valence-corrected chi connectivity index (χ4v) is 2.14. The number of aromatic nitrogens is 4. The van der Waals surface area contributed by atoms with Gasteiger partial charge in [0.1, 0.15) is 12.1 Å². The summed E-state index contributed by atoms with van der Waals surface area (Å²) >= 11 is 0. The molecule has 0 fully saturated rings. The molecule has 0 saturated carbocycles. The van der Waals surface area contributed by atoms with Crippen molar-refractivity contribution in [3.05, 3.63) is 36.9 Å². The molecule has 108 valence electrons. The van der Waals surface area contributed by atoms with E-state index < -0.39 is 0 Å². The van der Waals surface area contributed by atoms with Crippen LogP contribution >= 0.6 is 0 Å². The zero-order chi connectivity index (χ0) is 14.7. The van der Waals surface area contributed by atoms with E-state index in [4.69, 9.17) is 4.74 Å². The van der Waals surface area contributed by atoms with E-state index in [1.165, 1.54) is 0 Å². The molecular formula is C15H17N5O. The van der Waals surface area contributed by atoms with E-state index in [-0.39, 0.29) is 0 Å². The Morgan fingerprint density at radius 2 is 1.90 bits per heavy atom. The van der Waals surface area contributed by atoms with Crippen LogP contribution in [0.5, 0.6) is 5.75 Å². The summed E-state index contributed by atoms with van der Waals surface area (Å²) in [7, 11) is 0. The van der Waals surface area contributed by atoms with Crippen molar-refractivity contribution >= 4 is 22.7 Å². The van der Waals surface area contributed by atoms with Gasteiger partial charge in [-0.3, -0.25) is 0 Å². The van der Waals surface area contributed by atoms with Gasteiger partial charge in [-0.1, -0.05) is 0 Å². The van der Waals surface area contributed by atoms with Crippen LogP contribution in [0.4, 0.5) is 11.5 Å². The summed E-state index contributed by atoms with van der Waals surface area (Å²) < 4.78 is 7.42. The lowest BCUT2D eigenvalue weighted by atomic mass is 10.3. The fraction of sp³-hybridized carbons (Fsp3) is 0.267. The highest BCUT2D eigenvalue weighted by atomic mass is 16.5. The smallest absolute Gasteiger partial charge is 0.165 e. The summed E-state index contributed by atoms with van der Waals surface area (Å²) in [6.45, 7) is 5.51. The van der Waals surface area contributed by atoms with Gasteiger partial charge in [0.15, 0.2) is 17.0 Å². The SMILES string of the molecule is CCOc1ccc(Nc2ncnc3c2ncn3CC)cc1. The average Bonchev–Trinajstić information content (AvgIpc) is 2.94. The lowest BCUT2D eigenvalue weighted by Crippen LogP contribution is -1.98. The second-order valence-corrected chi connectivity index (χ2v) is 4.51. The van der Waals surface area contributed by atoms with Crippen LogP contribution in [0.3, 0.4) is 0 Å². The van der Waals surface area contributed by atoms with Crippen molar-refractivity contribution in [3.63, 3.8) is 0 Å². The van der Waals surface area contributed by atoms with Crippen LogP contribution in [0.2, 0.25) is 0 Å². The first-order valence-corrected chi connectivity index (χ1v) is 6.97. The van der Waals surface area contributed by atoms with E-state index >= 15 is 0 Å². The van der Waals surface area contributed by atoms with Crippen molar-refractivity contribution in [1.29, 1.82) is 0 Å². The zero-order valence-electron chi connectivity index (χ0n) is 12.1. The van der Waals surface area contributed by atoms with Gasteiger partial charge in [0, 0.05) is 12.2 Å². The van der Waals surface area contributed by atoms with Crippen molar-refractivity contribution < 1.29 is 4.74 Å². The lowest BCUT2D eigenvalue weighted by molar-refractivity contribution is 0.340. The molecule has 0 saturated heterocycles. The van der Waals surface area contributed by atoms with Crippen molar-refractivity contribution in [2.75, 3.05) is 11.9 Å². The summed E-state index contributed by atoms with van der Waals surface area (Å²) in [4.78, 5) is 12.9. The Balaban J connectivity index is 1.89. The first-order chi connectivity index (χ1) is 10.3. The van der Waals surface area contributed by atoms with Crippen LogP contribution in [0.25, 0.3) is 11.2 Å². The Hall–Kier alpha value is -2.63. The number of imidazole rings is 1. The Labute approximate surface area is 122 Å². The van der Waals surface area contributed by atoms with Crippen molar-refractivity contribution in [1.82, 2.24) is 19.5 Å². The number of benzene rings is 1. The summed E-state index contributed by atoms with van der Waals surface area (Å²) in [5.41, 5.74) is 2.54. The maximum Gasteiger partial charge on any atom is 0.165 e. The predicted octanol–water partition coefficient (Wildman–Crippen LogP) is 2.99. The molecular weight excluding hydrogens is 266 g/mol. The Morgan fingerprint density at radius 3 is 2.62 bits per heavy atom. The van der Waals surface area contributed by atoms with E-state index in [0.29, 0.717) is 12.4 Å². The van der Waals surface area contributed by atoms with Crippen LogP contribution in [0.15, 0.2) is 36.9 Å². The highest BCUT2D eigenvalue weighted by Gasteiger charge is 2.09. The molecule has 0 amide bonds. The van der Waals surface area contributed by atoms with Crippen molar-refractivity contribution in [3.8, 4) is 5.75 Å². The Kier molecular flexibility index (Phi) is 3.68. The molecule has 1 aromatic carbocycles. The average molecular weight is 283 g/mol. The van der Waals surface area contributed by atoms with Gasteiger partial charge < -0.3 is 14.6 Å². The minimum absolute atomic E-state index is 0.660. The van der Waals surface area contributed by atoms with E-state index in [9.17, 15) is 0 Å². The Bertz CT molecular complexity index is 735. The standard InChI is InChI=1S/C15H17N5O/c1-3-20-10-18-13-14(16-9-17-15(13)20)19-11-5-7-12(8-6-11)21-4-2/h5-10H,3-4H2,1-2H3,(H,16,17,19). The molecule has 0 aliphatic heterocycles. The highest BCUT2D eigenvalue weighted by molar-refractivity contribution is 5.85. The second kappa shape index (κ2) is 5.78. The van der Waals surface area contributed by atoms with Gasteiger partial charge in [-0.2, -0.15) is 0 Å². The number of rotatable bonds is 5. The minimum Gasteiger partial charge on any atom is -0.494 e. The summed E-state index contributed by atoms with van der Waals surface area (Å²) in [5, 5.41) is 3.27. The summed E-state index contributed by atoms with van der Waals surface area (Å²) in [6, 6.07) is 7.76. The van der Waals surface area contributed by atoms with E-state index in [0.717, 1.165) is 29.1 Å². The summed E-state index contributed by atoms with van der Waals surface area (Å²) in [6.07, 6.45) is 3.33. The van der Waals surface area contributed by atoms with Crippen LogP contribution < -0.4 is 10.1 Å². The van der Waals surface area contributed by atoms with Crippen LogP contribution in [0.1, 0.15) is 13.8 Å². The maximum atomic E-state index is 5.43. The third kappa shape index (κ3) is 2.65. The van der Waals surface area contributed by atoms with E-state index in [1.54, 1.807) is 12.7 Å².